The summed E-state index contributed by atoms with van der Waals surface area (Å²) in [5, 5.41) is 3.13. The van der Waals surface area contributed by atoms with E-state index in [9.17, 15) is 4.79 Å². The molecule has 1 saturated heterocycles. The van der Waals surface area contributed by atoms with E-state index in [1.807, 2.05) is 37.3 Å². The fourth-order valence-electron chi connectivity index (χ4n) is 3.61. The minimum absolute atomic E-state index is 0.1000. The van der Waals surface area contributed by atoms with Crippen molar-refractivity contribution in [1.29, 1.82) is 0 Å². The Hall–Kier alpha value is -2.33. The molecule has 2 aromatic carbocycles. The van der Waals surface area contributed by atoms with Crippen LogP contribution >= 0.6 is 0 Å². The molecule has 1 N–H and O–H groups in total. The first-order chi connectivity index (χ1) is 13.2. The number of carbonyl (C=O) groups excluding carboxylic acids is 1. The number of carbonyl (C=O) groups is 1. The van der Waals surface area contributed by atoms with Crippen molar-refractivity contribution in [2.24, 2.45) is 0 Å². The fraction of sp³-hybridized carbons (Fsp3) is 0.435. The van der Waals surface area contributed by atoms with Crippen LogP contribution < -0.4 is 10.1 Å². The summed E-state index contributed by atoms with van der Waals surface area (Å²) in [6, 6.07) is 18.8. The lowest BCUT2D eigenvalue weighted by Gasteiger charge is -2.28. The van der Waals surface area contributed by atoms with Gasteiger partial charge in [0.25, 0.3) is 0 Å². The van der Waals surface area contributed by atoms with Gasteiger partial charge in [0, 0.05) is 13.0 Å². The number of rotatable bonds is 9. The van der Waals surface area contributed by atoms with Crippen LogP contribution in [0.5, 0.6) is 5.75 Å². The molecule has 27 heavy (non-hydrogen) atoms. The minimum atomic E-state index is 0.1000. The van der Waals surface area contributed by atoms with Crippen LogP contribution in [-0.2, 0) is 4.79 Å². The molecule has 1 fully saturated rings. The van der Waals surface area contributed by atoms with E-state index in [0.29, 0.717) is 19.6 Å². The summed E-state index contributed by atoms with van der Waals surface area (Å²) in [4.78, 5) is 14.8. The lowest BCUT2D eigenvalue weighted by molar-refractivity contribution is -0.121. The largest absolute Gasteiger partial charge is 0.494 e. The third kappa shape index (κ3) is 6.10. The maximum absolute atomic E-state index is 12.3. The molecule has 144 valence electrons. The van der Waals surface area contributed by atoms with Gasteiger partial charge in [-0.25, -0.2) is 0 Å². The monoisotopic (exact) mass is 366 g/mol. The van der Waals surface area contributed by atoms with Crippen molar-refractivity contribution in [3.8, 4) is 5.75 Å². The predicted octanol–water partition coefficient (Wildman–Crippen LogP) is 4.11. The highest BCUT2D eigenvalue weighted by molar-refractivity contribution is 5.75. The van der Waals surface area contributed by atoms with Gasteiger partial charge in [-0.05, 0) is 62.5 Å². The molecule has 0 aromatic heterocycles. The van der Waals surface area contributed by atoms with Crippen LogP contribution in [0, 0.1) is 6.92 Å². The standard InChI is InChI=1S/C23H30N2O2/c1-19-9-7-12-21(17-19)27-16-8-13-23(26)24-18-22(25-14-5-6-15-25)20-10-3-2-4-11-20/h2-4,7,9-12,17,22H,5-6,8,13-16,18H2,1H3,(H,24,26). The minimum Gasteiger partial charge on any atom is -0.494 e. The van der Waals surface area contributed by atoms with Gasteiger partial charge >= 0.3 is 0 Å². The van der Waals surface area contributed by atoms with Crippen LogP contribution in [0.3, 0.4) is 0 Å². The van der Waals surface area contributed by atoms with Gasteiger partial charge in [-0.3, -0.25) is 9.69 Å². The van der Waals surface area contributed by atoms with Crippen molar-refractivity contribution in [2.45, 2.75) is 38.6 Å². The number of hydrogen-bond acceptors (Lipinski definition) is 3. The highest BCUT2D eigenvalue weighted by Gasteiger charge is 2.23. The van der Waals surface area contributed by atoms with Gasteiger partial charge in [0.1, 0.15) is 5.75 Å². The SMILES string of the molecule is Cc1cccc(OCCCC(=O)NCC(c2ccccc2)N2CCCC2)c1. The summed E-state index contributed by atoms with van der Waals surface area (Å²) in [5.74, 6) is 0.969. The maximum atomic E-state index is 12.3. The number of likely N-dealkylation sites (tertiary alicyclic amines) is 1. The average molecular weight is 367 g/mol. The highest BCUT2D eigenvalue weighted by atomic mass is 16.5. The Balaban J connectivity index is 1.42. The topological polar surface area (TPSA) is 41.6 Å². The Bertz CT molecular complexity index is 711. The number of ether oxygens (including phenoxy) is 1. The van der Waals surface area contributed by atoms with Gasteiger partial charge in [-0.1, -0.05) is 42.5 Å². The van der Waals surface area contributed by atoms with Gasteiger partial charge in [-0.15, -0.1) is 0 Å². The van der Waals surface area contributed by atoms with Gasteiger partial charge in [0.2, 0.25) is 5.91 Å². The van der Waals surface area contributed by atoms with Gasteiger partial charge < -0.3 is 10.1 Å². The number of hydrogen-bond donors (Lipinski definition) is 1. The van der Waals surface area contributed by atoms with E-state index in [0.717, 1.165) is 25.3 Å². The molecule has 1 aliphatic heterocycles. The normalized spacial score (nSPS) is 15.4. The van der Waals surface area contributed by atoms with Gasteiger partial charge in [0.15, 0.2) is 0 Å². The van der Waals surface area contributed by atoms with E-state index in [-0.39, 0.29) is 11.9 Å². The second-order valence-electron chi connectivity index (χ2n) is 7.24. The van der Waals surface area contributed by atoms with Gasteiger partial charge in [0.05, 0.1) is 12.6 Å². The molecule has 4 nitrogen and oxygen atoms in total. The zero-order chi connectivity index (χ0) is 18.9. The second kappa shape index (κ2) is 10.1. The first-order valence-corrected chi connectivity index (χ1v) is 9.97. The lowest BCUT2D eigenvalue weighted by Crippen LogP contribution is -2.36. The summed E-state index contributed by atoms with van der Waals surface area (Å²) in [6.07, 6.45) is 3.70. The first kappa shape index (κ1) is 19.4. The number of aryl methyl sites for hydroxylation is 1. The van der Waals surface area contributed by atoms with Crippen molar-refractivity contribution in [1.82, 2.24) is 10.2 Å². The van der Waals surface area contributed by atoms with E-state index in [4.69, 9.17) is 4.74 Å². The molecule has 2 aromatic rings. The summed E-state index contributed by atoms with van der Waals surface area (Å²) < 4.78 is 5.73. The lowest BCUT2D eigenvalue weighted by atomic mass is 10.1. The Labute approximate surface area is 162 Å². The third-order valence-electron chi connectivity index (χ3n) is 5.06. The Morgan fingerprint density at radius 3 is 2.63 bits per heavy atom. The molecule has 1 aliphatic rings. The zero-order valence-electron chi connectivity index (χ0n) is 16.2. The molecule has 4 heteroatoms. The van der Waals surface area contributed by atoms with Crippen LogP contribution in [0.1, 0.15) is 42.9 Å². The third-order valence-corrected chi connectivity index (χ3v) is 5.06. The molecule has 1 atom stereocenters. The van der Waals surface area contributed by atoms with Crippen LogP contribution in [0.4, 0.5) is 0 Å². The van der Waals surface area contributed by atoms with E-state index < -0.39 is 0 Å². The number of amides is 1. The smallest absolute Gasteiger partial charge is 0.220 e. The van der Waals surface area contributed by atoms with Crippen LogP contribution in [0.15, 0.2) is 54.6 Å². The van der Waals surface area contributed by atoms with Crippen molar-refractivity contribution < 1.29 is 9.53 Å². The number of nitrogens with zero attached hydrogens (tertiary/aromatic N) is 1. The molecule has 1 unspecified atom stereocenters. The summed E-state index contributed by atoms with van der Waals surface area (Å²) in [7, 11) is 0. The summed E-state index contributed by atoms with van der Waals surface area (Å²) >= 11 is 0. The van der Waals surface area contributed by atoms with Crippen molar-refractivity contribution in [3.63, 3.8) is 0 Å². The Morgan fingerprint density at radius 1 is 1.11 bits per heavy atom. The molecule has 0 aliphatic carbocycles. The molecule has 0 bridgehead atoms. The van der Waals surface area contributed by atoms with Crippen molar-refractivity contribution >= 4 is 5.91 Å². The first-order valence-electron chi connectivity index (χ1n) is 9.97. The Morgan fingerprint density at radius 2 is 1.89 bits per heavy atom. The fourth-order valence-corrected chi connectivity index (χ4v) is 3.61. The van der Waals surface area contributed by atoms with E-state index in [2.05, 4.69) is 34.5 Å². The molecule has 3 rings (SSSR count). The molecule has 1 heterocycles. The average Bonchev–Trinajstić information content (AvgIpc) is 3.21. The number of benzene rings is 2. The second-order valence-corrected chi connectivity index (χ2v) is 7.24. The van der Waals surface area contributed by atoms with E-state index >= 15 is 0 Å². The number of nitrogens with one attached hydrogen (secondary N) is 1. The quantitative estimate of drug-likeness (QED) is 0.679. The maximum Gasteiger partial charge on any atom is 0.220 e. The van der Waals surface area contributed by atoms with Crippen molar-refractivity contribution in [2.75, 3.05) is 26.2 Å². The van der Waals surface area contributed by atoms with Gasteiger partial charge in [-0.2, -0.15) is 0 Å². The van der Waals surface area contributed by atoms with Crippen LogP contribution in [-0.4, -0.2) is 37.0 Å². The molecular formula is C23H30N2O2. The molecule has 0 saturated carbocycles. The summed E-state index contributed by atoms with van der Waals surface area (Å²) in [5.41, 5.74) is 2.46. The predicted molar refractivity (Wildman–Crippen MR) is 109 cm³/mol. The van der Waals surface area contributed by atoms with Crippen LogP contribution in [0.2, 0.25) is 0 Å². The van der Waals surface area contributed by atoms with Crippen LogP contribution in [0.25, 0.3) is 0 Å². The molecular weight excluding hydrogens is 336 g/mol. The molecule has 1 amide bonds. The van der Waals surface area contributed by atoms with E-state index in [1.165, 1.54) is 24.0 Å². The highest BCUT2D eigenvalue weighted by Crippen LogP contribution is 2.24. The Kier molecular flexibility index (Phi) is 7.28. The molecule has 0 radical (unpaired) electrons. The zero-order valence-corrected chi connectivity index (χ0v) is 16.2. The van der Waals surface area contributed by atoms with Crippen molar-refractivity contribution in [3.05, 3.63) is 65.7 Å². The van der Waals surface area contributed by atoms with E-state index in [1.54, 1.807) is 0 Å². The molecule has 0 spiro atoms. The summed E-state index contributed by atoms with van der Waals surface area (Å²) in [6.45, 7) is 5.50.